The molecule has 10 nitrogen and oxygen atoms in total. The van der Waals surface area contributed by atoms with Gasteiger partial charge < -0.3 is 16.2 Å². The van der Waals surface area contributed by atoms with Crippen molar-refractivity contribution in [2.45, 2.75) is 31.3 Å². The molecule has 1 heterocycles. The first kappa shape index (κ1) is 23.5. The number of rotatable bonds is 9. The summed E-state index contributed by atoms with van der Waals surface area (Å²) in [6.07, 6.45) is -0.500. The maximum absolute atomic E-state index is 13.3. The molecule has 0 radical (unpaired) electrons. The predicted octanol–water partition coefficient (Wildman–Crippen LogP) is 0.319. The Kier molecular flexibility index (Phi) is 7.07. The van der Waals surface area contributed by atoms with E-state index in [1.165, 1.54) is 11.6 Å². The Bertz CT molecular complexity index is 1310. The van der Waals surface area contributed by atoms with Crippen LogP contribution in [0.15, 0.2) is 64.2 Å². The summed E-state index contributed by atoms with van der Waals surface area (Å²) in [5.74, 6) is -2.90. The van der Waals surface area contributed by atoms with Gasteiger partial charge in [-0.3, -0.25) is 19.0 Å². The van der Waals surface area contributed by atoms with Gasteiger partial charge in [0.1, 0.15) is 12.1 Å². The SMILES string of the molecule is Cn1c(=O)n([C@H](Cc2ccccc2)C(=O)N[C@@H](CCC(N)=O)C(=O)O)c(=O)c2ccccc21. The van der Waals surface area contributed by atoms with E-state index in [9.17, 15) is 29.1 Å². The predicted molar refractivity (Wildman–Crippen MR) is 121 cm³/mol. The smallest absolute Gasteiger partial charge is 0.331 e. The molecule has 0 unspecified atom stereocenters. The number of para-hydroxylation sites is 1. The molecule has 0 aliphatic heterocycles. The number of carboxylic acids is 1. The summed E-state index contributed by atoms with van der Waals surface area (Å²) in [7, 11) is 1.49. The molecule has 33 heavy (non-hydrogen) atoms. The monoisotopic (exact) mass is 452 g/mol. The Balaban J connectivity index is 2.10. The molecule has 10 heteroatoms. The fourth-order valence-electron chi connectivity index (χ4n) is 3.65. The number of fused-ring (bicyclic) bond motifs is 1. The number of nitrogens with one attached hydrogen (secondary N) is 1. The van der Waals surface area contributed by atoms with Gasteiger partial charge in [0.25, 0.3) is 5.56 Å². The average molecular weight is 452 g/mol. The molecule has 4 N–H and O–H groups in total. The van der Waals surface area contributed by atoms with Gasteiger partial charge in [-0.05, 0) is 24.1 Å². The number of hydrogen-bond donors (Lipinski definition) is 3. The number of carbonyl (C=O) groups is 3. The average Bonchev–Trinajstić information content (AvgIpc) is 2.80. The van der Waals surface area contributed by atoms with Crippen LogP contribution in [0.3, 0.4) is 0 Å². The van der Waals surface area contributed by atoms with Crippen molar-refractivity contribution in [3.05, 3.63) is 81.0 Å². The van der Waals surface area contributed by atoms with Crippen molar-refractivity contribution < 1.29 is 19.5 Å². The largest absolute Gasteiger partial charge is 0.480 e. The van der Waals surface area contributed by atoms with Crippen LogP contribution in [-0.2, 0) is 27.9 Å². The third-order valence-electron chi connectivity index (χ3n) is 5.39. The minimum Gasteiger partial charge on any atom is -0.480 e. The number of hydrogen-bond acceptors (Lipinski definition) is 5. The summed E-state index contributed by atoms with van der Waals surface area (Å²) in [5.41, 5.74) is 4.81. The molecule has 3 aromatic rings. The number of carboxylic acid groups (broad SMARTS) is 1. The molecule has 0 aliphatic carbocycles. The number of aliphatic carboxylic acids is 1. The number of nitrogens with two attached hydrogens (primary N) is 1. The van der Waals surface area contributed by atoms with Crippen LogP contribution >= 0.6 is 0 Å². The highest BCUT2D eigenvalue weighted by Gasteiger charge is 2.30. The summed E-state index contributed by atoms with van der Waals surface area (Å²) in [4.78, 5) is 62.4. The summed E-state index contributed by atoms with van der Waals surface area (Å²) >= 11 is 0. The number of amides is 2. The lowest BCUT2D eigenvalue weighted by atomic mass is 10.0. The zero-order chi connectivity index (χ0) is 24.1. The van der Waals surface area contributed by atoms with Gasteiger partial charge in [-0.2, -0.15) is 0 Å². The van der Waals surface area contributed by atoms with Crippen LogP contribution in [0.5, 0.6) is 0 Å². The fourth-order valence-corrected chi connectivity index (χ4v) is 3.65. The first-order chi connectivity index (χ1) is 15.7. The van der Waals surface area contributed by atoms with E-state index in [1.807, 2.05) is 0 Å². The summed E-state index contributed by atoms with van der Waals surface area (Å²) in [5, 5.41) is 12.1. The van der Waals surface area contributed by atoms with Crippen molar-refractivity contribution >= 4 is 28.7 Å². The molecule has 0 spiro atoms. The Hall–Kier alpha value is -4.21. The molecule has 0 saturated heterocycles. The highest BCUT2D eigenvalue weighted by Crippen LogP contribution is 2.15. The second kappa shape index (κ2) is 9.94. The lowest BCUT2D eigenvalue weighted by Crippen LogP contribution is -2.50. The zero-order valence-corrected chi connectivity index (χ0v) is 17.9. The van der Waals surface area contributed by atoms with Gasteiger partial charge in [0.2, 0.25) is 11.8 Å². The number of primary amides is 1. The van der Waals surface area contributed by atoms with Crippen molar-refractivity contribution in [2.24, 2.45) is 12.8 Å². The van der Waals surface area contributed by atoms with Gasteiger partial charge in [0, 0.05) is 19.9 Å². The van der Waals surface area contributed by atoms with Gasteiger partial charge in [0.05, 0.1) is 10.9 Å². The molecule has 2 amide bonds. The van der Waals surface area contributed by atoms with E-state index in [1.54, 1.807) is 54.6 Å². The number of benzene rings is 2. The highest BCUT2D eigenvalue weighted by molar-refractivity contribution is 5.87. The van der Waals surface area contributed by atoms with Gasteiger partial charge in [0.15, 0.2) is 0 Å². The molecule has 0 fully saturated rings. The molecule has 0 bridgehead atoms. The van der Waals surface area contributed by atoms with Crippen molar-refractivity contribution in [3.63, 3.8) is 0 Å². The lowest BCUT2D eigenvalue weighted by molar-refractivity contribution is -0.142. The third-order valence-corrected chi connectivity index (χ3v) is 5.39. The summed E-state index contributed by atoms with van der Waals surface area (Å²) in [6, 6.07) is 12.5. The molecule has 1 aromatic heterocycles. The number of aromatic nitrogens is 2. The van der Waals surface area contributed by atoms with Gasteiger partial charge in [-0.25, -0.2) is 14.2 Å². The van der Waals surface area contributed by atoms with Crippen molar-refractivity contribution in [1.82, 2.24) is 14.5 Å². The van der Waals surface area contributed by atoms with Crippen LogP contribution in [0, 0.1) is 0 Å². The molecular weight excluding hydrogens is 428 g/mol. The first-order valence-electron chi connectivity index (χ1n) is 10.3. The van der Waals surface area contributed by atoms with Crippen molar-refractivity contribution in [3.8, 4) is 0 Å². The van der Waals surface area contributed by atoms with Crippen LogP contribution in [0.2, 0.25) is 0 Å². The number of carbonyl (C=O) groups excluding carboxylic acids is 2. The molecule has 2 atom stereocenters. The Morgan fingerprint density at radius 1 is 1.03 bits per heavy atom. The van der Waals surface area contributed by atoms with E-state index in [0.29, 0.717) is 11.1 Å². The minimum absolute atomic E-state index is 0.0255. The van der Waals surface area contributed by atoms with Crippen molar-refractivity contribution in [1.29, 1.82) is 0 Å². The number of nitrogens with zero attached hydrogens (tertiary/aromatic N) is 2. The van der Waals surface area contributed by atoms with Crippen LogP contribution in [0.1, 0.15) is 24.4 Å². The van der Waals surface area contributed by atoms with Gasteiger partial charge in [-0.1, -0.05) is 42.5 Å². The quantitative estimate of drug-likeness (QED) is 0.425. The van der Waals surface area contributed by atoms with Crippen LogP contribution in [0.25, 0.3) is 10.9 Å². The zero-order valence-electron chi connectivity index (χ0n) is 17.9. The normalized spacial score (nSPS) is 12.8. The Labute approximate surface area is 188 Å². The second-order valence-electron chi connectivity index (χ2n) is 7.64. The maximum atomic E-state index is 13.3. The Morgan fingerprint density at radius 2 is 1.67 bits per heavy atom. The standard InChI is InChI=1S/C23H24N4O6/c1-26-17-10-6-5-9-15(17)21(30)27(23(26)33)18(13-14-7-3-2-4-8-14)20(29)25-16(22(31)32)11-12-19(24)28/h2-10,16,18H,11-13H2,1H3,(H2,24,28)(H,25,29)(H,31,32)/t16-,18+/m0/s1. The second-order valence-corrected chi connectivity index (χ2v) is 7.64. The molecule has 172 valence electrons. The van der Waals surface area contributed by atoms with Crippen LogP contribution < -0.4 is 22.3 Å². The van der Waals surface area contributed by atoms with E-state index in [-0.39, 0.29) is 24.6 Å². The molecule has 0 aliphatic rings. The lowest BCUT2D eigenvalue weighted by Gasteiger charge is -2.23. The van der Waals surface area contributed by atoms with E-state index >= 15 is 0 Å². The van der Waals surface area contributed by atoms with E-state index in [2.05, 4.69) is 5.32 Å². The van der Waals surface area contributed by atoms with Crippen LogP contribution in [0.4, 0.5) is 0 Å². The van der Waals surface area contributed by atoms with E-state index < -0.39 is 41.1 Å². The van der Waals surface area contributed by atoms with Crippen LogP contribution in [-0.4, -0.2) is 38.1 Å². The molecule has 2 aromatic carbocycles. The summed E-state index contributed by atoms with van der Waals surface area (Å²) < 4.78 is 2.11. The summed E-state index contributed by atoms with van der Waals surface area (Å²) in [6.45, 7) is 0. The molecule has 0 saturated carbocycles. The van der Waals surface area contributed by atoms with E-state index in [0.717, 1.165) is 4.57 Å². The van der Waals surface area contributed by atoms with Gasteiger partial charge in [-0.15, -0.1) is 0 Å². The Morgan fingerprint density at radius 3 is 2.30 bits per heavy atom. The van der Waals surface area contributed by atoms with Crippen molar-refractivity contribution in [2.75, 3.05) is 0 Å². The topological polar surface area (TPSA) is 153 Å². The minimum atomic E-state index is -1.41. The maximum Gasteiger partial charge on any atom is 0.331 e. The highest BCUT2D eigenvalue weighted by atomic mass is 16.4. The number of aryl methyl sites for hydroxylation is 1. The van der Waals surface area contributed by atoms with Gasteiger partial charge >= 0.3 is 11.7 Å². The third kappa shape index (κ3) is 5.17. The fraction of sp³-hybridized carbons (Fsp3) is 0.261. The van der Waals surface area contributed by atoms with E-state index in [4.69, 9.17) is 5.73 Å². The molecular formula is C23H24N4O6. The molecule has 3 rings (SSSR count). The first-order valence-corrected chi connectivity index (χ1v) is 10.3.